The Balaban J connectivity index is 1.79. The van der Waals surface area contributed by atoms with Gasteiger partial charge in [0.15, 0.2) is 0 Å². The van der Waals surface area contributed by atoms with Crippen LogP contribution in [0.1, 0.15) is 44.1 Å². The summed E-state index contributed by atoms with van der Waals surface area (Å²) in [6.45, 7) is 0. The SMILES string of the molecule is COc1cc[c]([Mg][Br])cc1C12CC3CC(CC(C3)C1)C2. The van der Waals surface area contributed by atoms with E-state index in [1.165, 1.54) is 42.2 Å². The Morgan fingerprint density at radius 3 is 2.20 bits per heavy atom. The Labute approximate surface area is 137 Å². The molecule has 4 aliphatic carbocycles. The molecule has 5 rings (SSSR count). The maximum Gasteiger partial charge on any atom is 0.506 e. The van der Waals surface area contributed by atoms with E-state index in [2.05, 4.69) is 31.1 Å². The van der Waals surface area contributed by atoms with E-state index in [9.17, 15) is 0 Å². The standard InChI is InChI=1S/C17H21O.BrH.Mg/c1-18-16-5-3-2-4-15(16)17-9-12-6-13(10-17)8-14(7-12)11-17;;/h3-5,12-14H,6-11H2,1H3;1H;/q;;+1/p-1. The van der Waals surface area contributed by atoms with Gasteiger partial charge >= 0.3 is 18.2 Å². The normalized spacial score (nSPS) is 37.8. The second-order valence-electron chi connectivity index (χ2n) is 7.37. The summed E-state index contributed by atoms with van der Waals surface area (Å²) in [5, 5.41) is 0. The Bertz CT molecular complexity index is 492. The third kappa shape index (κ3) is 2.16. The fourth-order valence-corrected chi connectivity index (χ4v) is 7.23. The Hall–Kier alpha value is 0.266. The molecule has 1 aromatic rings. The lowest BCUT2D eigenvalue weighted by Gasteiger charge is -2.57. The first-order chi connectivity index (χ1) is 9.72. The molecular formula is C17H21BrMgO. The van der Waals surface area contributed by atoms with E-state index in [1.807, 2.05) is 7.11 Å². The van der Waals surface area contributed by atoms with E-state index in [0.29, 0.717) is 5.41 Å². The van der Waals surface area contributed by atoms with Gasteiger partial charge in [-0.3, -0.25) is 12.9 Å². The lowest BCUT2D eigenvalue weighted by molar-refractivity contribution is -0.00611. The molecule has 1 nitrogen and oxygen atoms in total. The van der Waals surface area contributed by atoms with E-state index in [4.69, 9.17) is 4.74 Å². The zero-order chi connectivity index (χ0) is 13.7. The highest BCUT2D eigenvalue weighted by molar-refractivity contribution is 9.23. The number of methoxy groups -OCH3 is 1. The molecule has 3 heteroatoms. The topological polar surface area (TPSA) is 9.23 Å². The summed E-state index contributed by atoms with van der Waals surface area (Å²) in [4.78, 5) is 0. The lowest BCUT2D eigenvalue weighted by Crippen LogP contribution is -2.48. The van der Waals surface area contributed by atoms with Crippen molar-refractivity contribution in [1.82, 2.24) is 0 Å². The molecule has 0 atom stereocenters. The van der Waals surface area contributed by atoms with Gasteiger partial charge in [-0.25, -0.2) is 0 Å². The van der Waals surface area contributed by atoms with Crippen LogP contribution in [0.4, 0.5) is 0 Å². The molecule has 4 bridgehead atoms. The van der Waals surface area contributed by atoms with Crippen LogP contribution in [0.25, 0.3) is 0 Å². The van der Waals surface area contributed by atoms with Gasteiger partial charge in [-0.1, -0.05) is 12.1 Å². The van der Waals surface area contributed by atoms with Crippen molar-refractivity contribution in [3.05, 3.63) is 23.8 Å². The minimum Gasteiger partial charge on any atom is -0.496 e. The van der Waals surface area contributed by atoms with Crippen LogP contribution in [0.2, 0.25) is 0 Å². The van der Waals surface area contributed by atoms with Crippen LogP contribution in [0.5, 0.6) is 5.75 Å². The summed E-state index contributed by atoms with van der Waals surface area (Å²) >= 11 is 3.48. The van der Waals surface area contributed by atoms with Crippen molar-refractivity contribution in [3.8, 4) is 5.75 Å². The van der Waals surface area contributed by atoms with Crippen LogP contribution >= 0.6 is 12.9 Å². The van der Waals surface area contributed by atoms with Crippen molar-refractivity contribution < 1.29 is 4.74 Å². The van der Waals surface area contributed by atoms with E-state index < -0.39 is 0 Å². The molecule has 0 heterocycles. The van der Waals surface area contributed by atoms with E-state index >= 15 is 0 Å². The summed E-state index contributed by atoms with van der Waals surface area (Å²) in [5.41, 5.74) is 2.00. The predicted molar refractivity (Wildman–Crippen MR) is 87.2 cm³/mol. The second kappa shape index (κ2) is 5.17. The van der Waals surface area contributed by atoms with Gasteiger partial charge in [-0.2, -0.15) is 3.69 Å². The average molecular weight is 346 g/mol. The highest BCUT2D eigenvalue weighted by Gasteiger charge is 2.52. The van der Waals surface area contributed by atoms with Gasteiger partial charge in [-0.05, 0) is 73.3 Å². The van der Waals surface area contributed by atoms with Crippen LogP contribution < -0.4 is 8.43 Å². The lowest BCUT2D eigenvalue weighted by atomic mass is 9.48. The first-order valence-electron chi connectivity index (χ1n) is 7.96. The quantitative estimate of drug-likeness (QED) is 0.757. The van der Waals surface area contributed by atoms with E-state index in [1.54, 1.807) is 5.56 Å². The zero-order valence-corrected chi connectivity index (χ0v) is 15.2. The van der Waals surface area contributed by atoms with Crippen molar-refractivity contribution >= 4 is 34.8 Å². The molecule has 4 saturated carbocycles. The number of halogens is 1. The van der Waals surface area contributed by atoms with Crippen molar-refractivity contribution in [3.63, 3.8) is 0 Å². The number of benzene rings is 1. The molecule has 1 aromatic carbocycles. The minimum absolute atomic E-state index is 0.263. The number of ether oxygens (including phenoxy) is 1. The van der Waals surface area contributed by atoms with Crippen LogP contribution in [-0.4, -0.2) is 25.3 Å². The smallest absolute Gasteiger partial charge is 0.496 e. The third-order valence-electron chi connectivity index (χ3n) is 6.03. The van der Waals surface area contributed by atoms with Crippen molar-refractivity contribution in [1.29, 1.82) is 0 Å². The van der Waals surface area contributed by atoms with Crippen LogP contribution in [0.15, 0.2) is 18.2 Å². The molecule has 104 valence electrons. The van der Waals surface area contributed by atoms with Gasteiger partial charge in [0.2, 0.25) is 0 Å². The first kappa shape index (κ1) is 13.9. The molecule has 0 radical (unpaired) electrons. The number of rotatable bonds is 3. The third-order valence-corrected chi connectivity index (χ3v) is 8.72. The number of hydrogen-bond donors (Lipinski definition) is 0. The zero-order valence-electron chi connectivity index (χ0n) is 12.2. The molecule has 0 unspecified atom stereocenters. The van der Waals surface area contributed by atoms with Crippen molar-refractivity contribution in [2.24, 2.45) is 17.8 Å². The molecular weight excluding hydrogens is 324 g/mol. The van der Waals surface area contributed by atoms with E-state index in [-0.39, 0.29) is 18.2 Å². The Morgan fingerprint density at radius 2 is 1.70 bits per heavy atom. The summed E-state index contributed by atoms with van der Waals surface area (Å²) in [6.07, 6.45) is 8.78. The first-order valence-corrected chi connectivity index (χ1v) is 12.6. The molecule has 4 fully saturated rings. The highest BCUT2D eigenvalue weighted by Crippen LogP contribution is 2.61. The summed E-state index contributed by atoms with van der Waals surface area (Å²) in [5.74, 6) is 4.13. The van der Waals surface area contributed by atoms with Crippen LogP contribution in [0.3, 0.4) is 0 Å². The highest BCUT2D eigenvalue weighted by atomic mass is 79.9. The molecule has 20 heavy (non-hydrogen) atoms. The predicted octanol–water partition coefficient (Wildman–Crippen LogP) is 3.80. The minimum atomic E-state index is -0.263. The maximum absolute atomic E-state index is 5.73. The molecule has 0 aliphatic heterocycles. The van der Waals surface area contributed by atoms with Crippen LogP contribution in [-0.2, 0) is 5.41 Å². The fraction of sp³-hybridized carbons (Fsp3) is 0.647. The number of hydrogen-bond acceptors (Lipinski definition) is 1. The Kier molecular flexibility index (Phi) is 3.59. The molecule has 0 aromatic heterocycles. The van der Waals surface area contributed by atoms with Gasteiger partial charge in [0, 0.05) is 0 Å². The van der Waals surface area contributed by atoms with E-state index in [0.717, 1.165) is 23.5 Å². The molecule has 0 saturated heterocycles. The summed E-state index contributed by atoms with van der Waals surface area (Å²) in [6, 6.07) is 6.95. The van der Waals surface area contributed by atoms with Gasteiger partial charge in [0.25, 0.3) is 0 Å². The molecule has 0 amide bonds. The largest absolute Gasteiger partial charge is 0.506 e. The van der Waals surface area contributed by atoms with Gasteiger partial charge in [-0.15, -0.1) is 0 Å². The molecule has 0 spiro atoms. The van der Waals surface area contributed by atoms with Gasteiger partial charge in [0.05, 0.1) is 7.11 Å². The Morgan fingerprint density at radius 1 is 1.10 bits per heavy atom. The van der Waals surface area contributed by atoms with Crippen molar-refractivity contribution in [2.45, 2.75) is 43.9 Å². The summed E-state index contributed by atoms with van der Waals surface area (Å²) < 4.78 is 7.26. The average Bonchev–Trinajstić information content (AvgIpc) is 2.45. The second-order valence-corrected chi connectivity index (χ2v) is 10.1. The van der Waals surface area contributed by atoms with Gasteiger partial charge < -0.3 is 4.74 Å². The fourth-order valence-electron chi connectivity index (χ4n) is 5.69. The molecule has 0 N–H and O–H groups in total. The summed E-state index contributed by atoms with van der Waals surface area (Å²) in [7, 11) is 1.84. The van der Waals surface area contributed by atoms with Crippen LogP contribution in [0, 0.1) is 17.8 Å². The van der Waals surface area contributed by atoms with Crippen molar-refractivity contribution in [2.75, 3.05) is 7.11 Å². The van der Waals surface area contributed by atoms with Gasteiger partial charge in [0.1, 0.15) is 5.75 Å². The maximum atomic E-state index is 5.73. The molecule has 4 aliphatic rings. The monoisotopic (exact) mass is 344 g/mol.